The van der Waals surface area contributed by atoms with Crippen molar-refractivity contribution in [1.29, 1.82) is 5.26 Å². The van der Waals surface area contributed by atoms with Crippen molar-refractivity contribution in [1.82, 2.24) is 30.4 Å². The van der Waals surface area contributed by atoms with E-state index in [1.165, 1.54) is 0 Å². The molecule has 4 heterocycles. The summed E-state index contributed by atoms with van der Waals surface area (Å²) in [7, 11) is 2.14. The number of fused-ring (bicyclic) bond motifs is 2. The van der Waals surface area contributed by atoms with Crippen molar-refractivity contribution in [3.63, 3.8) is 0 Å². The number of halogens is 1. The fourth-order valence-corrected chi connectivity index (χ4v) is 6.55. The third-order valence-electron chi connectivity index (χ3n) is 8.72. The lowest BCUT2D eigenvalue weighted by molar-refractivity contribution is 0.188. The molecule has 1 aliphatic carbocycles. The van der Waals surface area contributed by atoms with Crippen LogP contribution in [0.25, 0.3) is 32.9 Å². The number of piperazine rings is 1. The van der Waals surface area contributed by atoms with Crippen LogP contribution in [0.3, 0.4) is 0 Å². The number of benzene rings is 2. The van der Waals surface area contributed by atoms with Crippen molar-refractivity contribution in [3.05, 3.63) is 35.0 Å². The van der Waals surface area contributed by atoms with Gasteiger partial charge in [-0.1, -0.05) is 17.7 Å². The van der Waals surface area contributed by atoms with Crippen LogP contribution in [0.15, 0.2) is 24.4 Å². The Morgan fingerprint density at radius 1 is 1.14 bits per heavy atom. The SMILES string of the molecule is Cc1ccc2[nH]ncc2c1-c1c(Cl)cc2c(N3CCNC(CC#N)C3)nc(OC[C@@H]3CCCN3C)nc2c1OC1CC1. The molecule has 2 aromatic heterocycles. The molecule has 4 aromatic rings. The van der Waals surface area contributed by atoms with Gasteiger partial charge >= 0.3 is 6.01 Å². The minimum Gasteiger partial charge on any atom is -0.487 e. The first-order valence-corrected chi connectivity index (χ1v) is 15.2. The number of nitrogens with one attached hydrogen (secondary N) is 2. The van der Waals surface area contributed by atoms with Crippen LogP contribution in [0.1, 0.15) is 37.7 Å². The number of hydrogen-bond acceptors (Lipinski definition) is 9. The van der Waals surface area contributed by atoms with E-state index in [1.54, 1.807) is 0 Å². The number of likely N-dealkylation sites (N-methyl/N-ethyl adjacent to an activating group) is 1. The van der Waals surface area contributed by atoms with Crippen molar-refractivity contribution in [2.75, 3.05) is 44.7 Å². The molecule has 11 heteroatoms. The van der Waals surface area contributed by atoms with Crippen molar-refractivity contribution < 1.29 is 9.47 Å². The van der Waals surface area contributed by atoms with Crippen LogP contribution in [-0.2, 0) is 0 Å². The molecule has 2 N–H and O–H groups in total. The predicted molar refractivity (Wildman–Crippen MR) is 163 cm³/mol. The summed E-state index contributed by atoms with van der Waals surface area (Å²) < 4.78 is 13.0. The van der Waals surface area contributed by atoms with E-state index in [2.05, 4.69) is 51.4 Å². The van der Waals surface area contributed by atoms with E-state index >= 15 is 0 Å². The number of hydrogen-bond donors (Lipinski definition) is 2. The summed E-state index contributed by atoms with van der Waals surface area (Å²) in [5.41, 5.74) is 4.49. The number of ether oxygens (including phenoxy) is 2. The highest BCUT2D eigenvalue weighted by atomic mass is 35.5. The largest absolute Gasteiger partial charge is 0.487 e. The molecule has 0 amide bonds. The quantitative estimate of drug-likeness (QED) is 0.299. The molecule has 2 aromatic carbocycles. The van der Waals surface area contributed by atoms with Gasteiger partial charge in [0.2, 0.25) is 0 Å². The third-order valence-corrected chi connectivity index (χ3v) is 9.02. The van der Waals surface area contributed by atoms with Crippen LogP contribution in [-0.4, -0.2) is 83.1 Å². The van der Waals surface area contributed by atoms with E-state index in [4.69, 9.17) is 31.0 Å². The van der Waals surface area contributed by atoms with Gasteiger partial charge in [-0.25, -0.2) is 0 Å². The van der Waals surface area contributed by atoms with Gasteiger partial charge in [0, 0.05) is 53.6 Å². The van der Waals surface area contributed by atoms with Crippen molar-refractivity contribution >= 4 is 39.2 Å². The van der Waals surface area contributed by atoms with E-state index in [9.17, 15) is 5.26 Å². The molecule has 1 saturated carbocycles. The first-order valence-electron chi connectivity index (χ1n) is 14.8. The molecule has 2 saturated heterocycles. The lowest BCUT2D eigenvalue weighted by Gasteiger charge is -2.34. The van der Waals surface area contributed by atoms with Gasteiger partial charge in [0.1, 0.15) is 17.9 Å². The molecule has 2 aliphatic heterocycles. The lowest BCUT2D eigenvalue weighted by atomic mass is 9.94. The summed E-state index contributed by atoms with van der Waals surface area (Å²) in [5, 5.41) is 22.6. The zero-order valence-corrected chi connectivity index (χ0v) is 24.7. The van der Waals surface area contributed by atoms with Crippen LogP contribution in [0.4, 0.5) is 5.82 Å². The summed E-state index contributed by atoms with van der Waals surface area (Å²) in [4.78, 5) is 14.6. The number of anilines is 1. The molecule has 0 bridgehead atoms. The summed E-state index contributed by atoms with van der Waals surface area (Å²) in [6.45, 7) is 5.81. The van der Waals surface area contributed by atoms with E-state index < -0.39 is 0 Å². The van der Waals surface area contributed by atoms with Gasteiger partial charge in [-0.15, -0.1) is 0 Å². The Morgan fingerprint density at radius 3 is 2.81 bits per heavy atom. The smallest absolute Gasteiger partial charge is 0.319 e. The summed E-state index contributed by atoms with van der Waals surface area (Å²) in [5.74, 6) is 1.42. The molecule has 218 valence electrons. The minimum atomic E-state index is 0.0449. The topological polar surface area (TPSA) is 115 Å². The molecule has 3 aliphatic rings. The second-order valence-corrected chi connectivity index (χ2v) is 12.1. The molecule has 2 atom stereocenters. The van der Waals surface area contributed by atoms with Crippen LogP contribution < -0.4 is 19.7 Å². The summed E-state index contributed by atoms with van der Waals surface area (Å²) in [6.07, 6.45) is 6.61. The normalized spacial score (nSPS) is 21.2. The average Bonchev–Trinajstić information content (AvgIpc) is 3.51. The minimum absolute atomic E-state index is 0.0449. The van der Waals surface area contributed by atoms with Crippen molar-refractivity contribution in [2.45, 2.75) is 57.2 Å². The molecule has 0 spiro atoms. The molecule has 3 fully saturated rings. The molecular formula is C31H35ClN8O2. The van der Waals surface area contributed by atoms with Gasteiger partial charge in [0.15, 0.2) is 5.75 Å². The van der Waals surface area contributed by atoms with Gasteiger partial charge in [-0.3, -0.25) is 5.10 Å². The average molecular weight is 587 g/mol. The maximum absolute atomic E-state index is 9.37. The number of aromatic amines is 1. The second-order valence-electron chi connectivity index (χ2n) is 11.7. The first kappa shape index (κ1) is 27.2. The third kappa shape index (κ3) is 5.10. The number of likely N-dealkylation sites (tertiary alicyclic amines) is 1. The van der Waals surface area contributed by atoms with E-state index in [1.807, 2.05) is 18.3 Å². The van der Waals surface area contributed by atoms with Crippen molar-refractivity contribution in [2.24, 2.45) is 0 Å². The van der Waals surface area contributed by atoms with Gasteiger partial charge in [0.05, 0.1) is 35.3 Å². The van der Waals surface area contributed by atoms with Crippen LogP contribution >= 0.6 is 11.6 Å². The predicted octanol–water partition coefficient (Wildman–Crippen LogP) is 4.84. The molecular weight excluding hydrogens is 552 g/mol. The Hall–Kier alpha value is -3.65. The maximum atomic E-state index is 9.37. The highest BCUT2D eigenvalue weighted by Gasteiger charge is 2.32. The number of nitrogens with zero attached hydrogens (tertiary/aromatic N) is 6. The summed E-state index contributed by atoms with van der Waals surface area (Å²) in [6, 6.07) is 9.09. The zero-order valence-electron chi connectivity index (χ0n) is 24.0. The lowest BCUT2D eigenvalue weighted by Crippen LogP contribution is -2.51. The molecule has 0 radical (unpaired) electrons. The highest BCUT2D eigenvalue weighted by Crippen LogP contribution is 2.48. The fourth-order valence-electron chi connectivity index (χ4n) is 6.26. The number of H-pyrrole nitrogens is 1. The second kappa shape index (κ2) is 11.2. The molecule has 42 heavy (non-hydrogen) atoms. The van der Waals surface area contributed by atoms with Crippen molar-refractivity contribution in [3.8, 4) is 29.0 Å². The number of aromatic nitrogens is 4. The standard InChI is InChI=1S/C31H35ClN8O2/c1-18-5-8-25-23(15-35-38-25)26(18)27-24(32)14-22-28(29(27)42-21-6-7-21)36-31(41-17-20-4-3-12-39(20)2)37-30(22)40-13-11-34-19(16-40)9-10-33/h5,8,14-15,19-21,34H,3-4,6-7,9,11-13,16-17H2,1-2H3,(H,35,38)/t19?,20-/m0/s1. The Labute approximate surface area is 250 Å². The molecule has 10 nitrogen and oxygen atoms in total. The maximum Gasteiger partial charge on any atom is 0.319 e. The zero-order chi connectivity index (χ0) is 28.8. The van der Waals surface area contributed by atoms with Crippen LogP contribution in [0.5, 0.6) is 11.8 Å². The van der Waals surface area contributed by atoms with Crippen LogP contribution in [0.2, 0.25) is 5.02 Å². The number of rotatable bonds is 8. The Kier molecular flexibility index (Phi) is 7.26. The Bertz CT molecular complexity index is 1680. The molecule has 1 unspecified atom stereocenters. The van der Waals surface area contributed by atoms with Gasteiger partial charge in [-0.05, 0) is 63.9 Å². The number of aryl methyl sites for hydroxylation is 1. The Balaban J connectivity index is 1.42. The molecule has 7 rings (SSSR count). The fraction of sp³-hybridized carbons (Fsp3) is 0.484. The van der Waals surface area contributed by atoms with E-state index in [-0.39, 0.29) is 12.1 Å². The monoisotopic (exact) mass is 586 g/mol. The number of nitriles is 1. The van der Waals surface area contributed by atoms with Gasteiger partial charge in [0.25, 0.3) is 0 Å². The van der Waals surface area contributed by atoms with E-state index in [0.717, 1.165) is 84.1 Å². The van der Waals surface area contributed by atoms with Gasteiger partial charge < -0.3 is 24.6 Å². The highest BCUT2D eigenvalue weighted by molar-refractivity contribution is 6.35. The Morgan fingerprint density at radius 2 is 2.02 bits per heavy atom. The van der Waals surface area contributed by atoms with Gasteiger partial charge in [-0.2, -0.15) is 20.3 Å². The first-order chi connectivity index (χ1) is 20.5. The van der Waals surface area contributed by atoms with E-state index in [0.29, 0.717) is 47.9 Å². The van der Waals surface area contributed by atoms with Crippen LogP contribution in [0, 0.1) is 18.3 Å². The summed E-state index contributed by atoms with van der Waals surface area (Å²) >= 11 is 7.20.